The molecule has 1 heterocycles. The highest BCUT2D eigenvalue weighted by molar-refractivity contribution is 9.10. The monoisotopic (exact) mass is 324 g/mol. The van der Waals surface area contributed by atoms with Gasteiger partial charge in [-0.05, 0) is 40.0 Å². The largest absolute Gasteiger partial charge is 0.496 e. The molecule has 5 heteroatoms. The second kappa shape index (κ2) is 6.61. The molecule has 1 aromatic carbocycles. The van der Waals surface area contributed by atoms with Crippen LogP contribution in [0.25, 0.3) is 0 Å². The van der Waals surface area contributed by atoms with E-state index in [1.807, 2.05) is 29.1 Å². The molecule has 0 unspecified atom stereocenters. The quantitative estimate of drug-likeness (QED) is 0.813. The third-order valence-corrected chi connectivity index (χ3v) is 3.30. The van der Waals surface area contributed by atoms with Crippen LogP contribution in [-0.4, -0.2) is 16.9 Å². The minimum Gasteiger partial charge on any atom is -0.496 e. The zero-order chi connectivity index (χ0) is 13.7. The fourth-order valence-corrected chi connectivity index (χ4v) is 2.32. The van der Waals surface area contributed by atoms with Crippen molar-refractivity contribution in [2.24, 2.45) is 0 Å². The number of methoxy groups -OCH3 is 1. The van der Waals surface area contributed by atoms with E-state index in [4.69, 9.17) is 9.47 Å². The summed E-state index contributed by atoms with van der Waals surface area (Å²) < 4.78 is 13.7. The molecule has 2 aromatic rings. The number of ether oxygens (including phenoxy) is 2. The number of nitrogens with zero attached hydrogens (tertiary/aromatic N) is 2. The van der Waals surface area contributed by atoms with Crippen LogP contribution >= 0.6 is 15.9 Å². The molecule has 0 atom stereocenters. The predicted molar refractivity (Wildman–Crippen MR) is 77.5 cm³/mol. The molecule has 19 heavy (non-hydrogen) atoms. The third-order valence-electron chi connectivity index (χ3n) is 2.68. The maximum absolute atomic E-state index is 5.70. The predicted octanol–water partition coefficient (Wildman–Crippen LogP) is 3.64. The molecule has 102 valence electrons. The Morgan fingerprint density at radius 3 is 2.89 bits per heavy atom. The minimum absolute atomic E-state index is 0.514. The van der Waals surface area contributed by atoms with Gasteiger partial charge < -0.3 is 9.47 Å². The molecule has 0 aliphatic carbocycles. The maximum atomic E-state index is 5.70. The van der Waals surface area contributed by atoms with Crippen LogP contribution in [0.5, 0.6) is 11.5 Å². The van der Waals surface area contributed by atoms with Crippen molar-refractivity contribution in [3.63, 3.8) is 0 Å². The standard InChI is InChI=1S/C14H17BrN2O2/c1-3-6-17-9-12(8-16-17)19-10-11-4-5-14(18-2)13(15)7-11/h4-5,7-9H,3,6,10H2,1-2H3. The Morgan fingerprint density at radius 2 is 2.21 bits per heavy atom. The fourth-order valence-electron chi connectivity index (χ4n) is 1.74. The number of aryl methyl sites for hydroxylation is 1. The van der Waals surface area contributed by atoms with Crippen molar-refractivity contribution in [2.45, 2.75) is 26.5 Å². The zero-order valence-corrected chi connectivity index (χ0v) is 12.7. The molecule has 2 rings (SSSR count). The van der Waals surface area contributed by atoms with Gasteiger partial charge in [-0.3, -0.25) is 4.68 Å². The summed E-state index contributed by atoms with van der Waals surface area (Å²) in [6.07, 6.45) is 4.73. The normalized spacial score (nSPS) is 10.5. The van der Waals surface area contributed by atoms with E-state index in [9.17, 15) is 0 Å². The first-order valence-corrected chi connectivity index (χ1v) is 7.00. The zero-order valence-electron chi connectivity index (χ0n) is 11.1. The van der Waals surface area contributed by atoms with Gasteiger partial charge >= 0.3 is 0 Å². The highest BCUT2D eigenvalue weighted by Gasteiger charge is 2.03. The smallest absolute Gasteiger partial charge is 0.157 e. The van der Waals surface area contributed by atoms with E-state index in [0.717, 1.165) is 34.5 Å². The van der Waals surface area contributed by atoms with E-state index in [0.29, 0.717) is 6.61 Å². The summed E-state index contributed by atoms with van der Waals surface area (Å²) >= 11 is 3.46. The second-order valence-electron chi connectivity index (χ2n) is 4.20. The lowest BCUT2D eigenvalue weighted by molar-refractivity contribution is 0.305. The third kappa shape index (κ3) is 3.73. The topological polar surface area (TPSA) is 36.3 Å². The van der Waals surface area contributed by atoms with Crippen molar-refractivity contribution in [2.75, 3.05) is 7.11 Å². The first kappa shape index (κ1) is 13.9. The number of benzene rings is 1. The summed E-state index contributed by atoms with van der Waals surface area (Å²) in [6, 6.07) is 5.90. The number of aromatic nitrogens is 2. The molecule has 0 saturated heterocycles. The Hall–Kier alpha value is -1.49. The maximum Gasteiger partial charge on any atom is 0.157 e. The van der Waals surface area contributed by atoms with Crippen molar-refractivity contribution in [1.82, 2.24) is 9.78 Å². The first-order chi connectivity index (χ1) is 9.22. The van der Waals surface area contributed by atoms with Crippen molar-refractivity contribution in [3.05, 3.63) is 40.6 Å². The number of rotatable bonds is 6. The molecular formula is C14H17BrN2O2. The van der Waals surface area contributed by atoms with E-state index in [-0.39, 0.29) is 0 Å². The van der Waals surface area contributed by atoms with Gasteiger partial charge in [0, 0.05) is 6.54 Å². The number of hydrogen-bond donors (Lipinski definition) is 0. The summed E-state index contributed by atoms with van der Waals surface area (Å²) in [4.78, 5) is 0. The molecule has 0 fully saturated rings. The Balaban J connectivity index is 1.95. The second-order valence-corrected chi connectivity index (χ2v) is 5.05. The van der Waals surface area contributed by atoms with Gasteiger partial charge in [-0.1, -0.05) is 13.0 Å². The average molecular weight is 325 g/mol. The van der Waals surface area contributed by atoms with Crippen LogP contribution in [0.1, 0.15) is 18.9 Å². The van der Waals surface area contributed by atoms with Crippen LogP contribution in [-0.2, 0) is 13.2 Å². The van der Waals surface area contributed by atoms with Crippen molar-refractivity contribution < 1.29 is 9.47 Å². The Bertz CT molecular complexity index is 540. The molecule has 0 bridgehead atoms. The molecule has 0 aliphatic rings. The van der Waals surface area contributed by atoms with E-state index >= 15 is 0 Å². The minimum atomic E-state index is 0.514. The SMILES string of the molecule is CCCn1cc(OCc2ccc(OC)c(Br)c2)cn1. The Labute approximate surface area is 121 Å². The van der Waals surface area contributed by atoms with Crippen LogP contribution < -0.4 is 9.47 Å². The lowest BCUT2D eigenvalue weighted by Gasteiger charge is -2.07. The van der Waals surface area contributed by atoms with Crippen LogP contribution in [0.3, 0.4) is 0 Å². The van der Waals surface area contributed by atoms with Crippen LogP contribution in [0.15, 0.2) is 35.1 Å². The highest BCUT2D eigenvalue weighted by Crippen LogP contribution is 2.26. The van der Waals surface area contributed by atoms with Crippen molar-refractivity contribution in [3.8, 4) is 11.5 Å². The lowest BCUT2D eigenvalue weighted by Crippen LogP contribution is -1.97. The molecule has 0 radical (unpaired) electrons. The fraction of sp³-hybridized carbons (Fsp3) is 0.357. The van der Waals surface area contributed by atoms with E-state index in [1.165, 1.54) is 0 Å². The van der Waals surface area contributed by atoms with Gasteiger partial charge in [0.1, 0.15) is 12.4 Å². The van der Waals surface area contributed by atoms with Crippen LogP contribution in [0.4, 0.5) is 0 Å². The lowest BCUT2D eigenvalue weighted by atomic mass is 10.2. The van der Waals surface area contributed by atoms with Gasteiger partial charge in [-0.2, -0.15) is 5.10 Å². The molecular weight excluding hydrogens is 308 g/mol. The van der Waals surface area contributed by atoms with Crippen molar-refractivity contribution >= 4 is 15.9 Å². The summed E-state index contributed by atoms with van der Waals surface area (Å²) in [5, 5.41) is 4.23. The molecule has 0 spiro atoms. The van der Waals surface area contributed by atoms with Crippen molar-refractivity contribution in [1.29, 1.82) is 0 Å². The summed E-state index contributed by atoms with van der Waals surface area (Å²) in [5.74, 6) is 1.61. The number of hydrogen-bond acceptors (Lipinski definition) is 3. The van der Waals surface area contributed by atoms with E-state index in [1.54, 1.807) is 13.3 Å². The Morgan fingerprint density at radius 1 is 1.37 bits per heavy atom. The highest BCUT2D eigenvalue weighted by atomic mass is 79.9. The molecule has 1 aromatic heterocycles. The van der Waals surface area contributed by atoms with Gasteiger partial charge in [0.15, 0.2) is 5.75 Å². The summed E-state index contributed by atoms with van der Waals surface area (Å²) in [5.41, 5.74) is 1.08. The van der Waals surface area contributed by atoms with Gasteiger partial charge in [-0.15, -0.1) is 0 Å². The van der Waals surface area contributed by atoms with Gasteiger partial charge in [0.05, 0.1) is 24.0 Å². The molecule has 0 saturated carbocycles. The van der Waals surface area contributed by atoms with E-state index < -0.39 is 0 Å². The Kier molecular flexibility index (Phi) is 4.85. The van der Waals surface area contributed by atoms with Gasteiger partial charge in [-0.25, -0.2) is 0 Å². The molecule has 0 amide bonds. The van der Waals surface area contributed by atoms with E-state index in [2.05, 4.69) is 28.0 Å². The number of halogens is 1. The van der Waals surface area contributed by atoms with Gasteiger partial charge in [0.25, 0.3) is 0 Å². The first-order valence-electron chi connectivity index (χ1n) is 6.20. The van der Waals surface area contributed by atoms with Gasteiger partial charge in [0.2, 0.25) is 0 Å². The van der Waals surface area contributed by atoms with Crippen LogP contribution in [0.2, 0.25) is 0 Å². The average Bonchev–Trinajstić information content (AvgIpc) is 2.85. The molecule has 4 nitrogen and oxygen atoms in total. The summed E-state index contributed by atoms with van der Waals surface area (Å²) in [6.45, 7) is 3.55. The molecule has 0 N–H and O–H groups in total. The summed E-state index contributed by atoms with van der Waals surface area (Å²) in [7, 11) is 1.65. The molecule has 0 aliphatic heterocycles. The van der Waals surface area contributed by atoms with Crippen LogP contribution in [0, 0.1) is 0 Å².